The van der Waals surface area contributed by atoms with Crippen molar-refractivity contribution in [2.75, 3.05) is 26.2 Å². The summed E-state index contributed by atoms with van der Waals surface area (Å²) < 4.78 is 12.8. The molecule has 0 N–H and O–H groups in total. The van der Waals surface area contributed by atoms with Crippen molar-refractivity contribution in [3.63, 3.8) is 0 Å². The summed E-state index contributed by atoms with van der Waals surface area (Å²) >= 11 is 0. The van der Waals surface area contributed by atoms with Gasteiger partial charge in [0.25, 0.3) is 0 Å². The average molecular weight is 276 g/mol. The Hall–Kier alpha value is -1.42. The molecular weight excluding hydrogens is 255 g/mol. The smallest absolute Gasteiger partial charge is 0.222 e. The highest BCUT2D eigenvalue weighted by atomic mass is 19.1. The zero-order chi connectivity index (χ0) is 13.9. The van der Waals surface area contributed by atoms with Gasteiger partial charge in [0, 0.05) is 38.6 Å². The van der Waals surface area contributed by atoms with Crippen LogP contribution >= 0.6 is 0 Å². The Kier molecular flexibility index (Phi) is 4.01. The molecule has 0 unspecified atom stereocenters. The van der Waals surface area contributed by atoms with Crippen LogP contribution in [-0.4, -0.2) is 47.9 Å². The van der Waals surface area contributed by atoms with Gasteiger partial charge < -0.3 is 4.90 Å². The van der Waals surface area contributed by atoms with Crippen LogP contribution in [0.1, 0.15) is 24.8 Å². The topological polar surface area (TPSA) is 23.6 Å². The van der Waals surface area contributed by atoms with Crippen LogP contribution in [0.5, 0.6) is 0 Å². The van der Waals surface area contributed by atoms with Gasteiger partial charge in [0.1, 0.15) is 5.82 Å². The summed E-state index contributed by atoms with van der Waals surface area (Å²) in [6.07, 6.45) is 3.88. The molecule has 1 saturated heterocycles. The summed E-state index contributed by atoms with van der Waals surface area (Å²) in [5.74, 6) is 0.000969. The average Bonchev–Trinajstić information content (AvgIpc) is 3.31. The molecule has 1 aliphatic carbocycles. The molecule has 1 heterocycles. The fraction of sp³-hybridized carbons (Fsp3) is 0.562. The first-order valence-corrected chi connectivity index (χ1v) is 7.48. The predicted octanol–water partition coefficient (Wildman–Crippen LogP) is 2.06. The fourth-order valence-corrected chi connectivity index (χ4v) is 2.84. The number of hydrogen-bond donors (Lipinski definition) is 0. The Bertz CT molecular complexity index is 462. The quantitative estimate of drug-likeness (QED) is 0.840. The zero-order valence-corrected chi connectivity index (χ0v) is 11.7. The summed E-state index contributed by atoms with van der Waals surface area (Å²) in [6.45, 7) is 3.76. The van der Waals surface area contributed by atoms with Crippen molar-refractivity contribution >= 4 is 5.91 Å². The van der Waals surface area contributed by atoms with E-state index < -0.39 is 0 Å². The van der Waals surface area contributed by atoms with Crippen molar-refractivity contribution in [1.82, 2.24) is 9.80 Å². The van der Waals surface area contributed by atoms with Gasteiger partial charge in [-0.15, -0.1) is 0 Å². The molecule has 1 aromatic rings. The molecule has 0 radical (unpaired) electrons. The van der Waals surface area contributed by atoms with Crippen LogP contribution in [-0.2, 0) is 11.2 Å². The number of halogens is 1. The van der Waals surface area contributed by atoms with E-state index in [0.717, 1.165) is 37.8 Å². The molecule has 0 aromatic heterocycles. The number of benzene rings is 1. The lowest BCUT2D eigenvalue weighted by molar-refractivity contribution is -0.133. The highest BCUT2D eigenvalue weighted by Gasteiger charge is 2.31. The second kappa shape index (κ2) is 5.92. The molecule has 0 atom stereocenters. The first kappa shape index (κ1) is 13.6. The largest absolute Gasteiger partial charge is 0.340 e. The fourth-order valence-electron chi connectivity index (χ4n) is 2.84. The molecule has 0 bridgehead atoms. The van der Waals surface area contributed by atoms with Gasteiger partial charge in [0.15, 0.2) is 0 Å². The molecule has 1 aromatic carbocycles. The molecular formula is C16H21FN2O. The minimum absolute atomic E-state index is 0.226. The van der Waals surface area contributed by atoms with Crippen LogP contribution in [0.25, 0.3) is 0 Å². The molecule has 1 aliphatic heterocycles. The van der Waals surface area contributed by atoms with Crippen molar-refractivity contribution in [2.24, 2.45) is 0 Å². The number of piperazine rings is 1. The molecule has 1 saturated carbocycles. The second-order valence-electron chi connectivity index (χ2n) is 5.77. The third-order valence-corrected chi connectivity index (χ3v) is 4.27. The number of hydrogen-bond acceptors (Lipinski definition) is 2. The molecule has 2 aliphatic rings. The molecule has 20 heavy (non-hydrogen) atoms. The Balaban J connectivity index is 1.43. The molecule has 3 nitrogen and oxygen atoms in total. The van der Waals surface area contributed by atoms with E-state index in [1.807, 2.05) is 4.90 Å². The number of carbonyl (C=O) groups excluding carboxylic acids is 1. The van der Waals surface area contributed by atoms with Crippen LogP contribution in [0.15, 0.2) is 24.3 Å². The summed E-state index contributed by atoms with van der Waals surface area (Å²) in [5, 5.41) is 0. The van der Waals surface area contributed by atoms with Crippen molar-refractivity contribution in [3.05, 3.63) is 35.6 Å². The van der Waals surface area contributed by atoms with Crippen molar-refractivity contribution in [1.29, 1.82) is 0 Å². The standard InChI is InChI=1S/C16H21FN2O/c17-14-4-1-13(2-5-14)3-8-16(20)19-11-9-18(10-12-19)15-6-7-15/h1-2,4-5,15H,3,6-12H2. The third kappa shape index (κ3) is 3.37. The number of amides is 1. The van der Waals surface area contributed by atoms with Gasteiger partial charge in [-0.25, -0.2) is 4.39 Å². The predicted molar refractivity (Wildman–Crippen MR) is 75.9 cm³/mol. The molecule has 3 rings (SSSR count). The molecule has 0 spiro atoms. The van der Waals surface area contributed by atoms with Crippen LogP contribution in [0.2, 0.25) is 0 Å². The second-order valence-corrected chi connectivity index (χ2v) is 5.77. The first-order valence-electron chi connectivity index (χ1n) is 7.48. The minimum atomic E-state index is -0.226. The van der Waals surface area contributed by atoms with Crippen LogP contribution < -0.4 is 0 Å². The van der Waals surface area contributed by atoms with E-state index in [1.165, 1.54) is 25.0 Å². The number of nitrogens with zero attached hydrogens (tertiary/aromatic N) is 2. The number of aryl methyl sites for hydroxylation is 1. The Morgan fingerprint density at radius 3 is 2.35 bits per heavy atom. The SMILES string of the molecule is O=C(CCc1ccc(F)cc1)N1CCN(C2CC2)CC1. The Morgan fingerprint density at radius 2 is 1.75 bits per heavy atom. The van der Waals surface area contributed by atoms with Gasteiger partial charge in [-0.1, -0.05) is 12.1 Å². The monoisotopic (exact) mass is 276 g/mol. The van der Waals surface area contributed by atoms with Crippen molar-refractivity contribution < 1.29 is 9.18 Å². The van der Waals surface area contributed by atoms with E-state index in [2.05, 4.69) is 4.90 Å². The van der Waals surface area contributed by atoms with E-state index in [-0.39, 0.29) is 11.7 Å². The van der Waals surface area contributed by atoms with Gasteiger partial charge >= 0.3 is 0 Å². The maximum Gasteiger partial charge on any atom is 0.222 e. The zero-order valence-electron chi connectivity index (χ0n) is 11.7. The number of carbonyl (C=O) groups is 1. The summed E-state index contributed by atoms with van der Waals surface area (Å²) in [5.41, 5.74) is 1.02. The van der Waals surface area contributed by atoms with Crippen molar-refractivity contribution in [2.45, 2.75) is 31.7 Å². The van der Waals surface area contributed by atoms with E-state index in [9.17, 15) is 9.18 Å². The van der Waals surface area contributed by atoms with Crippen LogP contribution in [0.4, 0.5) is 4.39 Å². The molecule has 4 heteroatoms. The molecule has 1 amide bonds. The summed E-state index contributed by atoms with van der Waals surface area (Å²) in [6, 6.07) is 7.22. The number of rotatable bonds is 4. The van der Waals surface area contributed by atoms with E-state index >= 15 is 0 Å². The summed E-state index contributed by atoms with van der Waals surface area (Å²) in [4.78, 5) is 16.6. The Labute approximate surface area is 119 Å². The van der Waals surface area contributed by atoms with Gasteiger partial charge in [0.2, 0.25) is 5.91 Å². The Morgan fingerprint density at radius 1 is 1.10 bits per heavy atom. The van der Waals surface area contributed by atoms with E-state index in [0.29, 0.717) is 12.8 Å². The molecule has 2 fully saturated rings. The highest BCUT2D eigenvalue weighted by Crippen LogP contribution is 2.27. The first-order chi connectivity index (χ1) is 9.72. The lowest BCUT2D eigenvalue weighted by atomic mass is 10.1. The van der Waals surface area contributed by atoms with Gasteiger partial charge in [-0.3, -0.25) is 9.69 Å². The lowest BCUT2D eigenvalue weighted by Crippen LogP contribution is -2.49. The highest BCUT2D eigenvalue weighted by molar-refractivity contribution is 5.76. The maximum absolute atomic E-state index is 12.8. The normalized spacial score (nSPS) is 20.1. The van der Waals surface area contributed by atoms with Gasteiger partial charge in [-0.05, 0) is 37.0 Å². The summed E-state index contributed by atoms with van der Waals surface area (Å²) in [7, 11) is 0. The minimum Gasteiger partial charge on any atom is -0.340 e. The van der Waals surface area contributed by atoms with E-state index in [1.54, 1.807) is 12.1 Å². The third-order valence-electron chi connectivity index (χ3n) is 4.27. The lowest BCUT2D eigenvalue weighted by Gasteiger charge is -2.34. The van der Waals surface area contributed by atoms with Crippen LogP contribution in [0.3, 0.4) is 0 Å². The van der Waals surface area contributed by atoms with Gasteiger partial charge in [-0.2, -0.15) is 0 Å². The van der Waals surface area contributed by atoms with Crippen LogP contribution in [0, 0.1) is 5.82 Å². The van der Waals surface area contributed by atoms with Gasteiger partial charge in [0.05, 0.1) is 0 Å². The molecule has 108 valence electrons. The van der Waals surface area contributed by atoms with Crippen molar-refractivity contribution in [3.8, 4) is 0 Å². The maximum atomic E-state index is 12.8. The van der Waals surface area contributed by atoms with E-state index in [4.69, 9.17) is 0 Å².